The monoisotopic (exact) mass is 1820 g/mol. The minimum atomic E-state index is -0.805. The molecule has 0 fully saturated rings. The molecule has 128 heavy (non-hydrogen) atoms. The third-order valence-electron chi connectivity index (χ3n) is 22.2. The first-order chi connectivity index (χ1) is 61.4. The first-order valence-electron chi connectivity index (χ1n) is 41.0. The number of aliphatic hydroxyl groups excluding tert-OH is 1. The second-order valence-electron chi connectivity index (χ2n) is 31.9. The Hall–Kier alpha value is -15.4. The molecule has 0 saturated carbocycles. The number of nitrogen functional groups attached to an aromatic ring is 4. The van der Waals surface area contributed by atoms with Crippen LogP contribution in [0.5, 0.6) is 11.5 Å². The molecule has 0 aliphatic carbocycles. The molecule has 644 valence electrons. The average molecular weight is 1820 g/mol. The summed E-state index contributed by atoms with van der Waals surface area (Å²) in [6.45, 7) is 22.5. The van der Waals surface area contributed by atoms with Crippen LogP contribution in [0.3, 0.4) is 0 Å². The van der Waals surface area contributed by atoms with Gasteiger partial charge in [0.15, 0.2) is 22.6 Å². The number of aliphatic hydroxyl groups is 1. The number of rotatable bonds is 14. The van der Waals surface area contributed by atoms with Gasteiger partial charge in [0.1, 0.15) is 92.8 Å². The van der Waals surface area contributed by atoms with Crippen LogP contribution < -0.4 is 45.2 Å². The van der Waals surface area contributed by atoms with E-state index < -0.39 is 17.5 Å². The molecule has 12 aromatic heterocycles. The maximum atomic E-state index is 14.8. The summed E-state index contributed by atoms with van der Waals surface area (Å²) >= 11 is 2.13. The van der Waals surface area contributed by atoms with Crippen molar-refractivity contribution in [3.63, 3.8) is 0 Å². The second-order valence-corrected chi connectivity index (χ2v) is 33.0. The summed E-state index contributed by atoms with van der Waals surface area (Å²) in [5.41, 5.74) is 36.5. The maximum Gasteiger partial charge on any atom is 0.266 e. The summed E-state index contributed by atoms with van der Waals surface area (Å²) in [4.78, 5) is 87.7. The summed E-state index contributed by atoms with van der Waals surface area (Å²) in [6, 6.07) is 51.0. The average Bonchev–Trinajstić information content (AvgIpc) is 1.43. The number of para-hydroxylation sites is 1. The normalized spacial score (nSPS) is 11.8. The number of pyridine rings is 4. The van der Waals surface area contributed by atoms with Gasteiger partial charge in [0.2, 0.25) is 0 Å². The number of aryl methyl sites for hydroxylation is 4. The summed E-state index contributed by atoms with van der Waals surface area (Å²) < 4.78 is 29.3. The number of aromatic nitrogens is 20. The van der Waals surface area contributed by atoms with Crippen molar-refractivity contribution in [3.8, 4) is 51.5 Å². The van der Waals surface area contributed by atoms with E-state index >= 15 is 0 Å². The summed E-state index contributed by atoms with van der Waals surface area (Å²) in [5, 5.41) is 56.1. The number of phenols is 2. The Morgan fingerprint density at radius 3 is 1.16 bits per heavy atom. The SMILES string of the molecule is Cc1cccc2cc(Cn3nc(-c4cccc(O)c4)c4c(N)ncnc43)n(C(C)C)c(=O)c12.Cc1cccc2cc(Cn3nc(C#C[C@@H](C)O)c4c(N)ncnc43)n(C(C)C)c(=O)c12.Cc1cccc2cc(Cn3nc(I)c4c(N)ncnc43)n(C(C)C)c(=O)c12.Cc1ccccc1-n1c(Cn2nc(-c3cccc(O)c3)c3c(N)ncnc32)cc2cccc(F)c2c1=O. The molecular weight excluding hydrogens is 1740 g/mol. The van der Waals surface area contributed by atoms with Gasteiger partial charge in [-0.1, -0.05) is 115 Å². The Balaban J connectivity index is 0.000000126. The maximum absolute atomic E-state index is 14.8. The predicted octanol–water partition coefficient (Wildman–Crippen LogP) is 14.3. The lowest BCUT2D eigenvalue weighted by Gasteiger charge is -2.18. The molecule has 0 saturated heterocycles. The molecule has 0 amide bonds. The lowest BCUT2D eigenvalue weighted by molar-refractivity contribution is 0.253. The Morgan fingerprint density at radius 1 is 0.383 bits per heavy atom. The molecule has 7 aromatic carbocycles. The van der Waals surface area contributed by atoms with Gasteiger partial charge >= 0.3 is 0 Å². The molecule has 19 aromatic rings. The van der Waals surface area contributed by atoms with Crippen molar-refractivity contribution in [3.05, 3.63) is 297 Å². The highest BCUT2D eigenvalue weighted by atomic mass is 127. The summed E-state index contributed by atoms with van der Waals surface area (Å²) in [7, 11) is 0. The fourth-order valence-corrected chi connectivity index (χ4v) is 17.3. The molecule has 11 N–H and O–H groups in total. The van der Waals surface area contributed by atoms with Gasteiger partial charge in [-0.3, -0.25) is 23.7 Å². The first kappa shape index (κ1) is 86.1. The van der Waals surface area contributed by atoms with Crippen LogP contribution in [0.4, 0.5) is 27.7 Å². The third kappa shape index (κ3) is 16.4. The molecule has 0 aliphatic heterocycles. The fourth-order valence-electron chi connectivity index (χ4n) is 16.5. The number of fused-ring (bicyclic) bond motifs is 8. The Labute approximate surface area is 743 Å². The van der Waals surface area contributed by atoms with Crippen LogP contribution in [-0.4, -0.2) is 119 Å². The number of aromatic hydroxyl groups is 2. The van der Waals surface area contributed by atoms with E-state index in [1.807, 2.05) is 171 Å². The Morgan fingerprint density at radius 2 is 0.734 bits per heavy atom. The van der Waals surface area contributed by atoms with Gasteiger partial charge in [0, 0.05) is 52.0 Å². The van der Waals surface area contributed by atoms with E-state index in [0.717, 1.165) is 80.7 Å². The minimum Gasteiger partial charge on any atom is -0.508 e. The largest absolute Gasteiger partial charge is 0.508 e. The van der Waals surface area contributed by atoms with Gasteiger partial charge in [-0.15, -0.1) is 0 Å². The molecule has 12 heterocycles. The van der Waals surface area contributed by atoms with E-state index in [1.165, 1.54) is 35.9 Å². The van der Waals surface area contributed by atoms with Gasteiger partial charge in [-0.2, -0.15) is 20.4 Å². The zero-order chi connectivity index (χ0) is 90.5. The quantitative estimate of drug-likeness (QED) is 0.0393. The van der Waals surface area contributed by atoms with Gasteiger partial charge in [0.05, 0.1) is 75.0 Å². The highest BCUT2D eigenvalue weighted by molar-refractivity contribution is 14.1. The van der Waals surface area contributed by atoms with Gasteiger partial charge in [0.25, 0.3) is 22.2 Å². The van der Waals surface area contributed by atoms with E-state index in [0.29, 0.717) is 115 Å². The number of benzene rings is 7. The van der Waals surface area contributed by atoms with E-state index in [4.69, 9.17) is 33.1 Å². The molecule has 0 unspecified atom stereocenters. The number of nitrogens with zero attached hydrogens (tertiary/aromatic N) is 20. The fraction of sp³-hybridized carbons (Fsp3) is 0.200. The minimum absolute atomic E-state index is 0.0191. The molecular formula is C95H88FIN24O7. The Bertz CT molecular complexity index is 7990. The summed E-state index contributed by atoms with van der Waals surface area (Å²) in [5.74, 6) is 6.41. The van der Waals surface area contributed by atoms with Crippen molar-refractivity contribution in [2.24, 2.45) is 0 Å². The van der Waals surface area contributed by atoms with Crippen LogP contribution in [0.1, 0.15) is 117 Å². The van der Waals surface area contributed by atoms with Crippen LogP contribution in [0.25, 0.3) is 115 Å². The van der Waals surface area contributed by atoms with Crippen molar-refractivity contribution >= 4 is 133 Å². The molecule has 0 bridgehead atoms. The number of halogens is 2. The number of hydrogen-bond acceptors (Lipinski definition) is 23. The third-order valence-corrected chi connectivity index (χ3v) is 22.9. The Kier molecular flexibility index (Phi) is 23.7. The second kappa shape index (κ2) is 35.3. The summed E-state index contributed by atoms with van der Waals surface area (Å²) in [6.07, 6.45) is 4.76. The molecule has 0 spiro atoms. The standard InChI is InChI=1S/C28H21FN6O2.C25H24N6O2.C23H24N6O2.C19H19IN6O/c1-16-6-2-3-11-22(16)35-19(12-17-7-5-10-21(29)23(17)28(35)37)14-34-27-24(26(30)31-15-32-27)25(33-34)18-8-4-9-20(36)13-18;1-14(2)31-18(10-16-7-4-6-15(3)20(16)25(31)33)12-30-24-21(23(26)27-13-28-24)22(29-30)17-8-5-9-19(32)11-17;1-13(2)29-17(10-16-7-5-6-14(3)19(16)23(29)31)11-28-22-20(21(24)25-12-26-22)18(27-28)9-8-15(4)30;1-10(2)26-13(7-12-6-4-5-11(3)14(12)19(26)27)8-25-18-15(16(20)24-25)17(21)22-9-23-18/h2-13,15,36H,14H2,1H3,(H2,30,31,32);4-11,13-14,32H,12H2,1-3H3,(H2,26,27,28);5-7,10,12-13,15,30H,11H2,1-4H3,(H2,24,25,26);4-7,9-10H,8H2,1-3H3,(H2,21,22,23)/t;;15-;/m..1./s1. The lowest BCUT2D eigenvalue weighted by Crippen LogP contribution is -2.27. The molecule has 0 aliphatic rings. The van der Waals surface area contributed by atoms with Crippen molar-refractivity contribution in [1.29, 1.82) is 0 Å². The zero-order valence-corrected chi connectivity index (χ0v) is 73.8. The predicted molar refractivity (Wildman–Crippen MR) is 505 cm³/mol. The van der Waals surface area contributed by atoms with Crippen molar-refractivity contribution < 1.29 is 19.7 Å². The smallest absolute Gasteiger partial charge is 0.266 e. The van der Waals surface area contributed by atoms with Crippen LogP contribution in [0.15, 0.2) is 214 Å². The molecule has 31 nitrogen and oxygen atoms in total. The molecule has 1 atom stereocenters. The van der Waals surface area contributed by atoms with Crippen LogP contribution in [0, 0.1) is 49.1 Å². The molecule has 33 heteroatoms. The van der Waals surface area contributed by atoms with Crippen molar-refractivity contribution in [2.45, 2.75) is 127 Å². The van der Waals surface area contributed by atoms with Crippen molar-refractivity contribution in [1.82, 2.24) is 97.3 Å². The van der Waals surface area contributed by atoms with E-state index in [-0.39, 0.29) is 69.9 Å². The van der Waals surface area contributed by atoms with Crippen LogP contribution in [-0.2, 0) is 26.2 Å². The number of nitrogens with two attached hydrogens (primary N) is 4. The zero-order valence-electron chi connectivity index (χ0n) is 71.6. The van der Waals surface area contributed by atoms with E-state index in [2.05, 4.69) is 90.6 Å². The highest BCUT2D eigenvalue weighted by Crippen LogP contribution is 2.36. The number of anilines is 4. The highest BCUT2D eigenvalue weighted by Gasteiger charge is 2.27. The topological polar surface area (TPSA) is 427 Å². The number of hydrogen-bond donors (Lipinski definition) is 7. The van der Waals surface area contributed by atoms with Crippen LogP contribution in [0.2, 0.25) is 0 Å². The molecule has 0 radical (unpaired) electrons. The van der Waals surface area contributed by atoms with Gasteiger partial charge in [-0.25, -0.2) is 63.0 Å². The van der Waals surface area contributed by atoms with Gasteiger partial charge < -0.3 is 52.0 Å². The van der Waals surface area contributed by atoms with Crippen molar-refractivity contribution in [2.75, 3.05) is 22.9 Å². The number of phenolic OH excluding ortho intramolecular Hbond substituents is 2. The first-order valence-corrected chi connectivity index (χ1v) is 42.1. The van der Waals surface area contributed by atoms with Gasteiger partial charge in [-0.05, 0) is 209 Å². The van der Waals surface area contributed by atoms with E-state index in [1.54, 1.807) is 95.4 Å². The lowest BCUT2D eigenvalue weighted by atomic mass is 10.1. The molecule has 19 rings (SSSR count). The van der Waals surface area contributed by atoms with Crippen LogP contribution >= 0.6 is 22.6 Å². The van der Waals surface area contributed by atoms with E-state index in [9.17, 15) is 38.9 Å².